The van der Waals surface area contributed by atoms with E-state index < -0.39 is 0 Å². The van der Waals surface area contributed by atoms with Crippen molar-refractivity contribution in [3.8, 4) is 0 Å². The molecule has 0 bridgehead atoms. The molecule has 0 saturated heterocycles. The smallest absolute Gasteiger partial charge is 0.154 e. The Kier molecular flexibility index (Phi) is 10.0. The lowest BCUT2D eigenvalue weighted by molar-refractivity contribution is 0.512. The lowest BCUT2D eigenvalue weighted by atomic mass is 9.93. The van der Waals surface area contributed by atoms with Crippen LogP contribution in [0.1, 0.15) is 95.9 Å². The van der Waals surface area contributed by atoms with Crippen LogP contribution in [0.4, 0.5) is 11.5 Å². The lowest BCUT2D eigenvalue weighted by Gasteiger charge is -2.24. The van der Waals surface area contributed by atoms with Crippen LogP contribution in [0.2, 0.25) is 0 Å². The molecular weight excluding hydrogens is 342 g/mol. The van der Waals surface area contributed by atoms with Gasteiger partial charge in [-0.2, -0.15) is 0 Å². The largest absolute Gasteiger partial charge is 0.328 e. The molecule has 0 amide bonds. The molecule has 3 nitrogen and oxygen atoms in total. The normalized spacial score (nSPS) is 11.2. The Morgan fingerprint density at radius 2 is 1.50 bits per heavy atom. The van der Waals surface area contributed by atoms with Gasteiger partial charge in [0.2, 0.25) is 0 Å². The average molecular weight is 382 g/mol. The van der Waals surface area contributed by atoms with Crippen LogP contribution < -0.4 is 4.90 Å². The monoisotopic (exact) mass is 381 g/mol. The van der Waals surface area contributed by atoms with Gasteiger partial charge in [-0.3, -0.25) is 4.98 Å². The quantitative estimate of drug-likeness (QED) is 0.337. The molecule has 0 N–H and O–H groups in total. The van der Waals surface area contributed by atoms with Gasteiger partial charge in [0.05, 0.1) is 11.4 Å². The predicted octanol–water partition coefficient (Wildman–Crippen LogP) is 7.44. The fraction of sp³-hybridized carbons (Fsp3) is 0.600. The lowest BCUT2D eigenvalue weighted by Crippen LogP contribution is -2.17. The highest BCUT2D eigenvalue weighted by Crippen LogP contribution is 2.31. The first-order valence-corrected chi connectivity index (χ1v) is 11.4. The number of unbranched alkanes of at least 4 members (excludes halogenated alkanes) is 4. The van der Waals surface area contributed by atoms with Gasteiger partial charge in [0.25, 0.3) is 0 Å². The van der Waals surface area contributed by atoms with Gasteiger partial charge in [-0.1, -0.05) is 77.5 Å². The SMILES string of the molecule is CCCCCc1ncc(C(CCCC)CCCC)nc1N(C)c1ccccc1. The molecule has 0 fully saturated rings. The summed E-state index contributed by atoms with van der Waals surface area (Å²) < 4.78 is 0. The zero-order chi connectivity index (χ0) is 20.2. The summed E-state index contributed by atoms with van der Waals surface area (Å²) in [6, 6.07) is 10.5. The van der Waals surface area contributed by atoms with Crippen molar-refractivity contribution in [3.05, 3.63) is 47.9 Å². The Balaban J connectivity index is 2.34. The molecule has 0 atom stereocenters. The number of benzene rings is 1. The summed E-state index contributed by atoms with van der Waals surface area (Å²) in [5, 5.41) is 0. The molecule has 3 heteroatoms. The van der Waals surface area contributed by atoms with E-state index in [2.05, 4.69) is 69.2 Å². The van der Waals surface area contributed by atoms with E-state index in [-0.39, 0.29) is 0 Å². The van der Waals surface area contributed by atoms with E-state index in [1.165, 1.54) is 69.2 Å². The van der Waals surface area contributed by atoms with Gasteiger partial charge in [-0.15, -0.1) is 0 Å². The molecule has 1 aromatic heterocycles. The maximum absolute atomic E-state index is 5.20. The molecule has 1 aromatic carbocycles. The number of nitrogens with zero attached hydrogens (tertiary/aromatic N) is 3. The number of anilines is 2. The maximum Gasteiger partial charge on any atom is 0.154 e. The molecule has 2 rings (SSSR count). The molecule has 1 heterocycles. The second kappa shape index (κ2) is 12.5. The Bertz CT molecular complexity index is 661. The first-order chi connectivity index (χ1) is 13.7. The summed E-state index contributed by atoms with van der Waals surface area (Å²) in [4.78, 5) is 12.3. The van der Waals surface area contributed by atoms with Crippen molar-refractivity contribution in [2.24, 2.45) is 0 Å². The van der Waals surface area contributed by atoms with Crippen LogP contribution in [0.25, 0.3) is 0 Å². The fourth-order valence-corrected chi connectivity index (χ4v) is 3.72. The van der Waals surface area contributed by atoms with Crippen molar-refractivity contribution in [3.63, 3.8) is 0 Å². The Hall–Kier alpha value is -1.90. The van der Waals surface area contributed by atoms with E-state index in [0.717, 1.165) is 17.9 Å². The van der Waals surface area contributed by atoms with E-state index in [4.69, 9.17) is 9.97 Å². The fourth-order valence-electron chi connectivity index (χ4n) is 3.72. The van der Waals surface area contributed by atoms with E-state index in [0.29, 0.717) is 5.92 Å². The summed E-state index contributed by atoms with van der Waals surface area (Å²) >= 11 is 0. The summed E-state index contributed by atoms with van der Waals surface area (Å²) in [6.45, 7) is 6.79. The van der Waals surface area contributed by atoms with Crippen LogP contribution in [-0.2, 0) is 6.42 Å². The topological polar surface area (TPSA) is 29.0 Å². The molecule has 0 radical (unpaired) electrons. The highest BCUT2D eigenvalue weighted by molar-refractivity contribution is 5.61. The minimum Gasteiger partial charge on any atom is -0.328 e. The number of hydrogen-bond acceptors (Lipinski definition) is 3. The van der Waals surface area contributed by atoms with Crippen LogP contribution in [0.3, 0.4) is 0 Å². The molecule has 0 saturated carbocycles. The minimum absolute atomic E-state index is 0.528. The van der Waals surface area contributed by atoms with Crippen molar-refractivity contribution >= 4 is 11.5 Å². The van der Waals surface area contributed by atoms with Crippen LogP contribution in [0, 0.1) is 0 Å². The number of rotatable bonds is 13. The van der Waals surface area contributed by atoms with Crippen molar-refractivity contribution in [1.82, 2.24) is 9.97 Å². The number of hydrogen-bond donors (Lipinski definition) is 0. The number of para-hydroxylation sites is 1. The standard InChI is InChI=1S/C25H39N3/c1-5-8-12-19-23-25(28(4)22-17-13-11-14-18-22)27-24(20-26-23)21(15-9-6-2)16-10-7-3/h11,13-14,17-18,20-21H,5-10,12,15-16,19H2,1-4H3. The zero-order valence-corrected chi connectivity index (χ0v) is 18.5. The van der Waals surface area contributed by atoms with Gasteiger partial charge in [-0.05, 0) is 37.8 Å². The van der Waals surface area contributed by atoms with Crippen LogP contribution >= 0.6 is 0 Å². The molecule has 154 valence electrons. The number of aromatic nitrogens is 2. The Morgan fingerprint density at radius 3 is 2.11 bits per heavy atom. The first-order valence-electron chi connectivity index (χ1n) is 11.4. The van der Waals surface area contributed by atoms with E-state index in [9.17, 15) is 0 Å². The molecule has 0 unspecified atom stereocenters. The second-order valence-electron chi connectivity index (χ2n) is 7.90. The third-order valence-electron chi connectivity index (χ3n) is 5.55. The third kappa shape index (κ3) is 6.61. The molecule has 0 aliphatic heterocycles. The zero-order valence-electron chi connectivity index (χ0n) is 18.5. The summed E-state index contributed by atoms with van der Waals surface area (Å²) in [5.41, 5.74) is 3.48. The van der Waals surface area contributed by atoms with E-state index in [1.54, 1.807) is 0 Å². The van der Waals surface area contributed by atoms with Gasteiger partial charge in [-0.25, -0.2) is 4.98 Å². The first kappa shape index (κ1) is 22.4. The average Bonchev–Trinajstić information content (AvgIpc) is 2.74. The summed E-state index contributed by atoms with van der Waals surface area (Å²) in [5.74, 6) is 1.57. The summed E-state index contributed by atoms with van der Waals surface area (Å²) in [6.07, 6.45) is 14.2. The Morgan fingerprint density at radius 1 is 0.857 bits per heavy atom. The van der Waals surface area contributed by atoms with Crippen molar-refractivity contribution < 1.29 is 0 Å². The Labute approximate surface area is 172 Å². The van der Waals surface area contributed by atoms with Gasteiger partial charge in [0.1, 0.15) is 0 Å². The highest BCUT2D eigenvalue weighted by Gasteiger charge is 2.18. The van der Waals surface area contributed by atoms with Crippen LogP contribution in [0.15, 0.2) is 36.5 Å². The van der Waals surface area contributed by atoms with Crippen LogP contribution in [0.5, 0.6) is 0 Å². The van der Waals surface area contributed by atoms with E-state index >= 15 is 0 Å². The predicted molar refractivity (Wildman–Crippen MR) is 122 cm³/mol. The maximum atomic E-state index is 5.20. The van der Waals surface area contributed by atoms with Gasteiger partial charge in [0.15, 0.2) is 5.82 Å². The number of aryl methyl sites for hydroxylation is 1. The highest BCUT2D eigenvalue weighted by atomic mass is 15.2. The molecule has 28 heavy (non-hydrogen) atoms. The molecule has 2 aromatic rings. The third-order valence-corrected chi connectivity index (χ3v) is 5.55. The molecule has 0 spiro atoms. The van der Waals surface area contributed by atoms with Crippen molar-refractivity contribution in [2.45, 2.75) is 90.9 Å². The minimum atomic E-state index is 0.528. The molecular formula is C25H39N3. The second-order valence-corrected chi connectivity index (χ2v) is 7.90. The molecule has 0 aliphatic rings. The summed E-state index contributed by atoms with van der Waals surface area (Å²) in [7, 11) is 2.12. The van der Waals surface area contributed by atoms with Crippen molar-refractivity contribution in [2.75, 3.05) is 11.9 Å². The van der Waals surface area contributed by atoms with Crippen LogP contribution in [-0.4, -0.2) is 17.0 Å². The van der Waals surface area contributed by atoms with Gasteiger partial charge in [0, 0.05) is 24.8 Å². The van der Waals surface area contributed by atoms with Gasteiger partial charge >= 0.3 is 0 Å². The van der Waals surface area contributed by atoms with Gasteiger partial charge < -0.3 is 4.90 Å². The molecule has 0 aliphatic carbocycles. The van der Waals surface area contributed by atoms with E-state index in [1.807, 2.05) is 0 Å². The van der Waals surface area contributed by atoms with Crippen molar-refractivity contribution in [1.29, 1.82) is 0 Å².